The number of aliphatic hydroxyl groups excluding tert-OH is 1. The summed E-state index contributed by atoms with van der Waals surface area (Å²) in [6, 6.07) is 0.321. The SMILES string of the molecule is C=CC[C@@H](O)[C@@]1(C)CCC=C[C@H]1N(C)C. The quantitative estimate of drug-likeness (QED) is 0.718. The summed E-state index contributed by atoms with van der Waals surface area (Å²) in [5.74, 6) is 0. The van der Waals surface area contributed by atoms with Crippen molar-refractivity contribution >= 4 is 0 Å². The first-order chi connectivity index (χ1) is 7.02. The summed E-state index contributed by atoms with van der Waals surface area (Å²) in [5, 5.41) is 10.2. The first-order valence-corrected chi connectivity index (χ1v) is 5.64. The Bertz CT molecular complexity index is 247. The average Bonchev–Trinajstić information content (AvgIpc) is 2.18. The van der Waals surface area contributed by atoms with Crippen molar-refractivity contribution in [2.24, 2.45) is 5.41 Å². The first-order valence-electron chi connectivity index (χ1n) is 5.64. The summed E-state index contributed by atoms with van der Waals surface area (Å²) in [6.45, 7) is 5.88. The van der Waals surface area contributed by atoms with Crippen LogP contribution < -0.4 is 0 Å². The molecule has 0 unspecified atom stereocenters. The molecule has 0 saturated carbocycles. The Kier molecular flexibility index (Phi) is 4.12. The van der Waals surface area contributed by atoms with Gasteiger partial charge in [0, 0.05) is 11.5 Å². The van der Waals surface area contributed by atoms with Gasteiger partial charge in [-0.25, -0.2) is 0 Å². The van der Waals surface area contributed by atoms with Gasteiger partial charge in [-0.1, -0.05) is 25.2 Å². The van der Waals surface area contributed by atoms with Gasteiger partial charge in [-0.15, -0.1) is 6.58 Å². The molecular weight excluding hydrogens is 186 g/mol. The fourth-order valence-electron chi connectivity index (χ4n) is 2.54. The van der Waals surface area contributed by atoms with Crippen LogP contribution in [0.4, 0.5) is 0 Å². The molecule has 86 valence electrons. The summed E-state index contributed by atoms with van der Waals surface area (Å²) in [6.07, 6.45) is 8.72. The van der Waals surface area contributed by atoms with E-state index in [2.05, 4.69) is 44.6 Å². The monoisotopic (exact) mass is 209 g/mol. The second-order valence-electron chi connectivity index (χ2n) is 4.92. The molecular formula is C13H23NO. The Hall–Kier alpha value is -0.600. The van der Waals surface area contributed by atoms with Gasteiger partial charge in [0.25, 0.3) is 0 Å². The van der Waals surface area contributed by atoms with E-state index in [-0.39, 0.29) is 11.5 Å². The summed E-state index contributed by atoms with van der Waals surface area (Å²) in [7, 11) is 4.14. The highest BCUT2D eigenvalue weighted by atomic mass is 16.3. The fraction of sp³-hybridized carbons (Fsp3) is 0.692. The van der Waals surface area contributed by atoms with E-state index in [1.165, 1.54) is 0 Å². The summed E-state index contributed by atoms with van der Waals surface area (Å²) < 4.78 is 0. The van der Waals surface area contributed by atoms with E-state index in [1.54, 1.807) is 6.08 Å². The maximum atomic E-state index is 10.2. The van der Waals surface area contributed by atoms with Crippen LogP contribution in [0.3, 0.4) is 0 Å². The molecule has 0 spiro atoms. The third kappa shape index (κ3) is 2.50. The molecule has 0 radical (unpaired) electrons. The molecule has 0 fully saturated rings. The van der Waals surface area contributed by atoms with Gasteiger partial charge in [0.15, 0.2) is 0 Å². The molecule has 1 N–H and O–H groups in total. The van der Waals surface area contributed by atoms with Gasteiger partial charge in [0.05, 0.1) is 6.10 Å². The molecule has 0 aliphatic heterocycles. The molecule has 0 heterocycles. The smallest absolute Gasteiger partial charge is 0.0646 e. The number of aliphatic hydroxyl groups is 1. The fourth-order valence-corrected chi connectivity index (χ4v) is 2.54. The lowest BCUT2D eigenvalue weighted by molar-refractivity contribution is -0.0125. The molecule has 0 amide bonds. The minimum absolute atomic E-state index is 0.0492. The molecule has 1 rings (SSSR count). The first kappa shape index (κ1) is 12.5. The van der Waals surface area contributed by atoms with Gasteiger partial charge in [0.1, 0.15) is 0 Å². The predicted molar refractivity (Wildman–Crippen MR) is 64.8 cm³/mol. The van der Waals surface area contributed by atoms with Gasteiger partial charge in [-0.05, 0) is 33.4 Å². The van der Waals surface area contributed by atoms with Crippen molar-refractivity contribution in [1.29, 1.82) is 0 Å². The van der Waals surface area contributed by atoms with Crippen molar-refractivity contribution in [2.75, 3.05) is 14.1 Å². The van der Waals surface area contributed by atoms with E-state index in [1.807, 2.05) is 0 Å². The van der Waals surface area contributed by atoms with Crippen LogP contribution in [-0.4, -0.2) is 36.2 Å². The van der Waals surface area contributed by atoms with Crippen LogP contribution in [0, 0.1) is 5.41 Å². The standard InChI is InChI=1S/C13H23NO/c1-5-8-12(15)13(2)10-7-6-9-11(13)14(3)4/h5-6,9,11-12,15H,1,7-8,10H2,2-4H3/t11-,12-,13+/m1/s1. The van der Waals surface area contributed by atoms with Crippen LogP contribution in [0.15, 0.2) is 24.8 Å². The highest BCUT2D eigenvalue weighted by molar-refractivity contribution is 5.10. The lowest BCUT2D eigenvalue weighted by Gasteiger charge is -2.45. The number of rotatable bonds is 4. The second-order valence-corrected chi connectivity index (χ2v) is 4.92. The van der Waals surface area contributed by atoms with Gasteiger partial charge < -0.3 is 10.0 Å². The van der Waals surface area contributed by atoms with Crippen molar-refractivity contribution in [3.8, 4) is 0 Å². The van der Waals surface area contributed by atoms with Gasteiger partial charge in [0.2, 0.25) is 0 Å². The van der Waals surface area contributed by atoms with Gasteiger partial charge in [-0.2, -0.15) is 0 Å². The lowest BCUT2D eigenvalue weighted by Crippen LogP contribution is -2.49. The zero-order valence-electron chi connectivity index (χ0n) is 10.1. The minimum atomic E-state index is -0.299. The largest absolute Gasteiger partial charge is 0.392 e. The predicted octanol–water partition coefficient (Wildman–Crippen LogP) is 2.21. The van der Waals surface area contributed by atoms with Crippen molar-refractivity contribution in [1.82, 2.24) is 4.90 Å². The van der Waals surface area contributed by atoms with E-state index >= 15 is 0 Å². The molecule has 2 heteroatoms. The van der Waals surface area contributed by atoms with E-state index in [9.17, 15) is 5.11 Å². The molecule has 0 aromatic carbocycles. The molecule has 1 aliphatic carbocycles. The number of likely N-dealkylation sites (N-methyl/N-ethyl adjacent to an activating group) is 1. The molecule has 2 nitrogen and oxygen atoms in total. The van der Waals surface area contributed by atoms with Crippen LogP contribution in [-0.2, 0) is 0 Å². The van der Waals surface area contributed by atoms with Crippen LogP contribution in [0.5, 0.6) is 0 Å². The average molecular weight is 209 g/mol. The Morgan fingerprint density at radius 3 is 2.87 bits per heavy atom. The molecule has 0 bridgehead atoms. The highest BCUT2D eigenvalue weighted by Crippen LogP contribution is 2.39. The lowest BCUT2D eigenvalue weighted by atomic mass is 9.69. The van der Waals surface area contributed by atoms with Crippen molar-refractivity contribution in [3.63, 3.8) is 0 Å². The molecule has 0 aromatic rings. The van der Waals surface area contributed by atoms with E-state index in [0.29, 0.717) is 12.5 Å². The van der Waals surface area contributed by atoms with Crippen LogP contribution >= 0.6 is 0 Å². The highest BCUT2D eigenvalue weighted by Gasteiger charge is 2.40. The third-order valence-electron chi connectivity index (χ3n) is 3.55. The van der Waals surface area contributed by atoms with E-state index in [0.717, 1.165) is 12.8 Å². The van der Waals surface area contributed by atoms with Crippen molar-refractivity contribution in [3.05, 3.63) is 24.8 Å². The minimum Gasteiger partial charge on any atom is -0.392 e. The summed E-state index contributed by atoms with van der Waals surface area (Å²) in [5.41, 5.74) is -0.0492. The molecule has 0 saturated heterocycles. The Balaban J connectivity index is 2.87. The Morgan fingerprint density at radius 2 is 2.33 bits per heavy atom. The molecule has 1 aliphatic rings. The van der Waals surface area contributed by atoms with E-state index in [4.69, 9.17) is 0 Å². The van der Waals surface area contributed by atoms with E-state index < -0.39 is 0 Å². The van der Waals surface area contributed by atoms with Crippen molar-refractivity contribution < 1.29 is 5.11 Å². The van der Waals surface area contributed by atoms with Crippen LogP contribution in [0.25, 0.3) is 0 Å². The Morgan fingerprint density at radius 1 is 1.67 bits per heavy atom. The van der Waals surface area contributed by atoms with Gasteiger partial charge in [-0.3, -0.25) is 0 Å². The molecule has 15 heavy (non-hydrogen) atoms. The third-order valence-corrected chi connectivity index (χ3v) is 3.55. The zero-order chi connectivity index (χ0) is 11.5. The van der Waals surface area contributed by atoms with Crippen LogP contribution in [0.2, 0.25) is 0 Å². The maximum Gasteiger partial charge on any atom is 0.0646 e. The van der Waals surface area contributed by atoms with Crippen LogP contribution in [0.1, 0.15) is 26.2 Å². The zero-order valence-corrected chi connectivity index (χ0v) is 10.1. The maximum absolute atomic E-state index is 10.2. The molecule has 3 atom stereocenters. The summed E-state index contributed by atoms with van der Waals surface area (Å²) >= 11 is 0. The number of allylic oxidation sites excluding steroid dienone is 1. The number of hydrogen-bond acceptors (Lipinski definition) is 2. The summed E-state index contributed by atoms with van der Waals surface area (Å²) in [4.78, 5) is 2.18. The number of nitrogens with zero attached hydrogens (tertiary/aromatic N) is 1. The van der Waals surface area contributed by atoms with Crippen molar-refractivity contribution in [2.45, 2.75) is 38.3 Å². The van der Waals surface area contributed by atoms with Gasteiger partial charge >= 0.3 is 0 Å². The normalized spacial score (nSPS) is 33.0. The number of hydrogen-bond donors (Lipinski definition) is 1. The molecule has 0 aromatic heterocycles. The second kappa shape index (κ2) is 4.95. The topological polar surface area (TPSA) is 23.5 Å². The Labute approximate surface area is 93.3 Å².